The molecule has 0 unspecified atom stereocenters. The normalized spacial score (nSPS) is 13.5. The Labute approximate surface area is 164 Å². The Morgan fingerprint density at radius 2 is 2.15 bits per heavy atom. The summed E-state index contributed by atoms with van der Waals surface area (Å²) in [5.41, 5.74) is 1.28. The Bertz CT molecular complexity index is 1050. The molecule has 0 saturated carbocycles. The van der Waals surface area contributed by atoms with Crippen LogP contribution in [0.5, 0.6) is 0 Å². The summed E-state index contributed by atoms with van der Waals surface area (Å²) in [6.07, 6.45) is 4.05. The number of rotatable bonds is 6. The van der Waals surface area contributed by atoms with Gasteiger partial charge < -0.3 is 0 Å². The molecule has 3 heterocycles. The second-order valence-electron chi connectivity index (χ2n) is 6.51. The monoisotopic (exact) mass is 404 g/mol. The summed E-state index contributed by atoms with van der Waals surface area (Å²) < 4.78 is 1.77. The minimum Gasteiger partial charge on any atom is -0.292 e. The summed E-state index contributed by atoms with van der Waals surface area (Å²) in [5, 5.41) is 1.49. The fourth-order valence-electron chi connectivity index (χ4n) is 3.37. The maximum absolute atomic E-state index is 13.1. The molecule has 1 aliphatic rings. The van der Waals surface area contributed by atoms with Crippen molar-refractivity contribution in [3.63, 3.8) is 0 Å². The first kappa shape index (κ1) is 17.9. The van der Waals surface area contributed by atoms with Crippen LogP contribution in [0.4, 0.5) is 0 Å². The molecule has 0 N–H and O–H groups in total. The summed E-state index contributed by atoms with van der Waals surface area (Å²) in [5.74, 6) is 0.409. The van der Waals surface area contributed by atoms with E-state index in [1.807, 2.05) is 19.1 Å². The van der Waals surface area contributed by atoms with Crippen LogP contribution < -0.4 is 5.56 Å². The molecule has 0 fully saturated rings. The number of fused-ring (bicyclic) bond motifs is 3. The van der Waals surface area contributed by atoms with Gasteiger partial charge in [-0.15, -0.1) is 22.7 Å². The third kappa shape index (κ3) is 3.17. The molecule has 0 amide bonds. The smallest absolute Gasteiger partial charge is 0.263 e. The van der Waals surface area contributed by atoms with Gasteiger partial charge in [-0.2, -0.15) is 0 Å². The molecule has 0 bridgehead atoms. The van der Waals surface area contributed by atoms with E-state index in [0.717, 1.165) is 45.7 Å². The van der Waals surface area contributed by atoms with E-state index in [1.165, 1.54) is 33.5 Å². The molecule has 4 nitrogen and oxygen atoms in total. The van der Waals surface area contributed by atoms with Crippen molar-refractivity contribution in [2.45, 2.75) is 51.2 Å². The number of ketones is 1. The molecule has 0 aliphatic heterocycles. The lowest BCUT2D eigenvalue weighted by molar-refractivity contribution is 0.102. The van der Waals surface area contributed by atoms with Gasteiger partial charge in [0.2, 0.25) is 0 Å². The highest BCUT2D eigenvalue weighted by atomic mass is 32.2. The van der Waals surface area contributed by atoms with Crippen LogP contribution in [0.25, 0.3) is 10.2 Å². The zero-order valence-corrected chi connectivity index (χ0v) is 17.3. The van der Waals surface area contributed by atoms with Gasteiger partial charge in [0.05, 0.1) is 16.0 Å². The number of carbonyl (C=O) groups is 1. The van der Waals surface area contributed by atoms with Crippen LogP contribution in [0.3, 0.4) is 0 Å². The highest BCUT2D eigenvalue weighted by Gasteiger charge is 2.23. The first-order valence-corrected chi connectivity index (χ1v) is 11.5. The third-order valence-corrected chi connectivity index (χ3v) is 7.79. The number of aromatic nitrogens is 2. The minimum atomic E-state index is 0.0677. The average Bonchev–Trinajstić information content (AvgIpc) is 3.31. The topological polar surface area (TPSA) is 52.0 Å². The Morgan fingerprint density at radius 3 is 2.88 bits per heavy atom. The van der Waals surface area contributed by atoms with Gasteiger partial charge in [-0.1, -0.05) is 18.7 Å². The zero-order chi connectivity index (χ0) is 18.3. The molecular formula is C19H20N2O2S3. The van der Waals surface area contributed by atoms with Crippen LogP contribution in [-0.2, 0) is 19.4 Å². The fraction of sp³-hybridized carbons (Fsp3) is 0.421. The molecule has 0 radical (unpaired) electrons. The quantitative estimate of drug-likeness (QED) is 0.339. The Hall–Kier alpha value is -1.44. The van der Waals surface area contributed by atoms with Crippen LogP contribution >= 0.6 is 34.4 Å². The number of hydrogen-bond acceptors (Lipinski definition) is 6. The Morgan fingerprint density at radius 1 is 1.31 bits per heavy atom. The first-order valence-electron chi connectivity index (χ1n) is 8.86. The van der Waals surface area contributed by atoms with Gasteiger partial charge in [0.15, 0.2) is 10.9 Å². The van der Waals surface area contributed by atoms with Gasteiger partial charge in [0, 0.05) is 16.3 Å². The fourth-order valence-corrected chi connectivity index (χ4v) is 6.48. The standard InChI is InChI=1S/C19H20N2O2S3/c1-3-9-21-18(23)16-12-5-4-6-14(12)26-17(16)20-19(21)24-10-13(22)15-8-7-11(2)25-15/h7-8H,3-6,9-10H2,1-2H3. The Kier molecular flexibility index (Phi) is 5.03. The molecule has 0 atom stereocenters. The minimum absolute atomic E-state index is 0.0677. The van der Waals surface area contributed by atoms with E-state index in [2.05, 4.69) is 6.92 Å². The van der Waals surface area contributed by atoms with Crippen molar-refractivity contribution in [1.29, 1.82) is 0 Å². The van der Waals surface area contributed by atoms with E-state index in [9.17, 15) is 9.59 Å². The van der Waals surface area contributed by atoms with E-state index in [1.54, 1.807) is 15.9 Å². The van der Waals surface area contributed by atoms with E-state index in [-0.39, 0.29) is 11.3 Å². The molecule has 3 aromatic rings. The number of hydrogen-bond donors (Lipinski definition) is 0. The number of thioether (sulfide) groups is 1. The van der Waals surface area contributed by atoms with Gasteiger partial charge in [-0.25, -0.2) is 4.98 Å². The molecule has 7 heteroatoms. The number of nitrogens with zero attached hydrogens (tertiary/aromatic N) is 2. The van der Waals surface area contributed by atoms with Crippen LogP contribution in [0.1, 0.15) is 44.8 Å². The first-order chi connectivity index (χ1) is 12.6. The number of carbonyl (C=O) groups excluding carboxylic acids is 1. The van der Waals surface area contributed by atoms with Crippen molar-refractivity contribution < 1.29 is 4.79 Å². The van der Waals surface area contributed by atoms with Crippen LogP contribution in [0, 0.1) is 6.92 Å². The van der Waals surface area contributed by atoms with Crippen molar-refractivity contribution >= 4 is 50.4 Å². The molecule has 136 valence electrons. The molecule has 4 rings (SSSR count). The molecule has 3 aromatic heterocycles. The van der Waals surface area contributed by atoms with Gasteiger partial charge in [-0.3, -0.25) is 14.2 Å². The summed E-state index contributed by atoms with van der Waals surface area (Å²) in [4.78, 5) is 34.4. The average molecular weight is 405 g/mol. The van der Waals surface area contributed by atoms with Gasteiger partial charge in [0.25, 0.3) is 5.56 Å². The highest BCUT2D eigenvalue weighted by Crippen LogP contribution is 2.35. The molecular weight excluding hydrogens is 384 g/mol. The lowest BCUT2D eigenvalue weighted by Crippen LogP contribution is -2.23. The lowest BCUT2D eigenvalue weighted by atomic mass is 10.2. The third-order valence-electron chi connectivity index (χ3n) is 4.58. The zero-order valence-electron chi connectivity index (χ0n) is 14.8. The van der Waals surface area contributed by atoms with Gasteiger partial charge >= 0.3 is 0 Å². The molecule has 1 aliphatic carbocycles. The van der Waals surface area contributed by atoms with Crippen LogP contribution in [0.2, 0.25) is 0 Å². The lowest BCUT2D eigenvalue weighted by Gasteiger charge is -2.11. The maximum atomic E-state index is 13.1. The molecule has 0 spiro atoms. The summed E-state index contributed by atoms with van der Waals surface area (Å²) >= 11 is 4.56. The van der Waals surface area contributed by atoms with Crippen molar-refractivity contribution in [2.75, 3.05) is 5.75 Å². The van der Waals surface area contributed by atoms with Crippen molar-refractivity contribution in [2.24, 2.45) is 0 Å². The number of Topliss-reactive ketones (excluding diaryl/α,β-unsaturated/α-hetero) is 1. The van der Waals surface area contributed by atoms with E-state index in [0.29, 0.717) is 17.5 Å². The largest absolute Gasteiger partial charge is 0.292 e. The van der Waals surface area contributed by atoms with Gasteiger partial charge in [-0.05, 0) is 50.3 Å². The maximum Gasteiger partial charge on any atom is 0.263 e. The summed E-state index contributed by atoms with van der Waals surface area (Å²) in [7, 11) is 0. The SMILES string of the molecule is CCCn1c(SCC(=O)c2ccc(C)s2)nc2sc3c(c2c1=O)CCC3. The van der Waals surface area contributed by atoms with E-state index >= 15 is 0 Å². The van der Waals surface area contributed by atoms with Crippen molar-refractivity contribution in [1.82, 2.24) is 9.55 Å². The summed E-state index contributed by atoms with van der Waals surface area (Å²) in [6.45, 7) is 4.70. The van der Waals surface area contributed by atoms with Crippen molar-refractivity contribution in [3.05, 3.63) is 42.7 Å². The molecule has 0 aromatic carbocycles. The van der Waals surface area contributed by atoms with Crippen LogP contribution in [0.15, 0.2) is 22.1 Å². The van der Waals surface area contributed by atoms with Gasteiger partial charge in [0.1, 0.15) is 4.83 Å². The number of thiophene rings is 2. The second-order valence-corrected chi connectivity index (χ2v) is 9.82. The highest BCUT2D eigenvalue weighted by molar-refractivity contribution is 7.99. The van der Waals surface area contributed by atoms with Crippen LogP contribution in [-0.4, -0.2) is 21.1 Å². The second kappa shape index (κ2) is 7.29. The van der Waals surface area contributed by atoms with E-state index < -0.39 is 0 Å². The Balaban J connectivity index is 1.68. The summed E-state index contributed by atoms with van der Waals surface area (Å²) in [6, 6.07) is 3.84. The predicted octanol–water partition coefficient (Wildman–Crippen LogP) is 4.70. The molecule has 0 saturated heterocycles. The van der Waals surface area contributed by atoms with E-state index in [4.69, 9.17) is 4.98 Å². The molecule has 26 heavy (non-hydrogen) atoms. The number of aryl methyl sites for hydroxylation is 3. The van der Waals surface area contributed by atoms with Crippen molar-refractivity contribution in [3.8, 4) is 0 Å². The predicted molar refractivity (Wildman–Crippen MR) is 110 cm³/mol.